The summed E-state index contributed by atoms with van der Waals surface area (Å²) in [5.41, 5.74) is -0.617. The van der Waals surface area contributed by atoms with Gasteiger partial charge in [0.2, 0.25) is 0 Å². The number of rotatable bonds is 4. The molecule has 6 nitrogen and oxygen atoms in total. The first-order chi connectivity index (χ1) is 8.21. The quantitative estimate of drug-likeness (QED) is 0.849. The molecule has 2 aliphatic rings. The molecule has 6 heteroatoms. The van der Waals surface area contributed by atoms with E-state index in [4.69, 9.17) is 0 Å². The summed E-state index contributed by atoms with van der Waals surface area (Å²) in [5, 5.41) is 21.0. The molecular formula is C11H16N4O2. The highest BCUT2D eigenvalue weighted by Gasteiger charge is 2.45. The third-order valence-corrected chi connectivity index (χ3v) is 4.25. The average molecular weight is 236 g/mol. The highest BCUT2D eigenvalue weighted by atomic mass is 16.4. The minimum Gasteiger partial charge on any atom is -0.481 e. The van der Waals surface area contributed by atoms with Gasteiger partial charge < -0.3 is 5.11 Å². The highest BCUT2D eigenvalue weighted by Crippen LogP contribution is 2.43. The van der Waals surface area contributed by atoms with Crippen LogP contribution in [0.3, 0.4) is 0 Å². The molecule has 3 rings (SSSR count). The molecule has 0 bridgehead atoms. The smallest absolute Gasteiger partial charge is 0.311 e. The van der Waals surface area contributed by atoms with Crippen molar-refractivity contribution in [1.29, 1.82) is 0 Å². The number of tetrazole rings is 1. The zero-order chi connectivity index (χ0) is 11.9. The molecule has 1 aromatic heterocycles. The SMILES string of the molecule is O=C(O)C1(Cn2nnnc2C2CCC2)CCC1. The van der Waals surface area contributed by atoms with Crippen LogP contribution in [0.15, 0.2) is 0 Å². The molecular weight excluding hydrogens is 220 g/mol. The summed E-state index contributed by atoms with van der Waals surface area (Å²) in [5.74, 6) is 0.610. The average Bonchev–Trinajstić information content (AvgIpc) is 2.56. The van der Waals surface area contributed by atoms with Gasteiger partial charge in [-0.1, -0.05) is 12.8 Å². The topological polar surface area (TPSA) is 80.9 Å². The molecule has 2 fully saturated rings. The van der Waals surface area contributed by atoms with Gasteiger partial charge in [-0.15, -0.1) is 5.10 Å². The zero-order valence-corrected chi connectivity index (χ0v) is 9.67. The fourth-order valence-electron chi connectivity index (χ4n) is 2.61. The van der Waals surface area contributed by atoms with Crippen LogP contribution in [0, 0.1) is 5.41 Å². The fourth-order valence-corrected chi connectivity index (χ4v) is 2.61. The van der Waals surface area contributed by atoms with Gasteiger partial charge in [-0.2, -0.15) is 0 Å². The second-order valence-electron chi connectivity index (χ2n) is 5.26. The van der Waals surface area contributed by atoms with Crippen LogP contribution in [0.5, 0.6) is 0 Å². The molecule has 1 N–H and O–H groups in total. The van der Waals surface area contributed by atoms with Crippen molar-refractivity contribution in [2.75, 3.05) is 0 Å². The van der Waals surface area contributed by atoms with E-state index in [9.17, 15) is 9.90 Å². The Bertz CT molecular complexity index is 434. The van der Waals surface area contributed by atoms with Crippen LogP contribution in [-0.2, 0) is 11.3 Å². The lowest BCUT2D eigenvalue weighted by atomic mass is 9.68. The van der Waals surface area contributed by atoms with Crippen LogP contribution in [0.2, 0.25) is 0 Å². The lowest BCUT2D eigenvalue weighted by Crippen LogP contribution is -2.42. The van der Waals surface area contributed by atoms with Crippen molar-refractivity contribution < 1.29 is 9.90 Å². The number of nitrogens with zero attached hydrogens (tertiary/aromatic N) is 4. The van der Waals surface area contributed by atoms with E-state index >= 15 is 0 Å². The summed E-state index contributed by atoms with van der Waals surface area (Å²) < 4.78 is 1.72. The molecule has 92 valence electrons. The number of carboxylic acid groups (broad SMARTS) is 1. The summed E-state index contributed by atoms with van der Waals surface area (Å²) in [4.78, 5) is 11.3. The van der Waals surface area contributed by atoms with Gasteiger partial charge in [0, 0.05) is 5.92 Å². The van der Waals surface area contributed by atoms with E-state index in [1.807, 2.05) is 0 Å². The molecule has 0 aromatic carbocycles. The van der Waals surface area contributed by atoms with E-state index < -0.39 is 11.4 Å². The Labute approximate surface area is 99.0 Å². The molecule has 0 spiro atoms. The minimum atomic E-state index is -0.709. The molecule has 0 radical (unpaired) electrons. The Morgan fingerprint density at radius 3 is 2.65 bits per heavy atom. The second-order valence-corrected chi connectivity index (χ2v) is 5.26. The number of hydrogen-bond donors (Lipinski definition) is 1. The van der Waals surface area contributed by atoms with Crippen molar-refractivity contribution in [2.45, 2.75) is 51.0 Å². The van der Waals surface area contributed by atoms with Crippen LogP contribution in [0.25, 0.3) is 0 Å². The lowest BCUT2D eigenvalue weighted by Gasteiger charge is -2.37. The molecule has 2 aliphatic carbocycles. The molecule has 0 saturated heterocycles. The monoisotopic (exact) mass is 236 g/mol. The molecule has 0 unspecified atom stereocenters. The van der Waals surface area contributed by atoms with Gasteiger partial charge in [-0.05, 0) is 36.1 Å². The summed E-state index contributed by atoms with van der Waals surface area (Å²) >= 11 is 0. The second kappa shape index (κ2) is 3.78. The van der Waals surface area contributed by atoms with E-state index in [1.165, 1.54) is 6.42 Å². The van der Waals surface area contributed by atoms with Gasteiger partial charge in [0.15, 0.2) is 5.82 Å². The first kappa shape index (κ1) is 10.7. The Morgan fingerprint density at radius 2 is 2.18 bits per heavy atom. The molecule has 0 aliphatic heterocycles. The number of aliphatic carboxylic acids is 1. The van der Waals surface area contributed by atoms with Gasteiger partial charge in [0.05, 0.1) is 12.0 Å². The first-order valence-corrected chi connectivity index (χ1v) is 6.21. The minimum absolute atomic E-state index is 0.432. The third kappa shape index (κ3) is 1.62. The van der Waals surface area contributed by atoms with E-state index in [1.54, 1.807) is 4.68 Å². The maximum Gasteiger partial charge on any atom is 0.311 e. The summed E-state index contributed by atoms with van der Waals surface area (Å²) in [6, 6.07) is 0. The summed E-state index contributed by atoms with van der Waals surface area (Å²) in [6.07, 6.45) is 5.95. The van der Waals surface area contributed by atoms with Gasteiger partial charge in [-0.25, -0.2) is 4.68 Å². The molecule has 17 heavy (non-hydrogen) atoms. The Balaban J connectivity index is 1.80. The summed E-state index contributed by atoms with van der Waals surface area (Å²) in [7, 11) is 0. The van der Waals surface area contributed by atoms with Crippen molar-refractivity contribution in [3.8, 4) is 0 Å². The maximum absolute atomic E-state index is 11.3. The largest absolute Gasteiger partial charge is 0.481 e. The van der Waals surface area contributed by atoms with Crippen LogP contribution >= 0.6 is 0 Å². The number of carbonyl (C=O) groups is 1. The number of carboxylic acids is 1. The van der Waals surface area contributed by atoms with Crippen molar-refractivity contribution in [3.63, 3.8) is 0 Å². The maximum atomic E-state index is 11.3. The predicted molar refractivity (Wildman–Crippen MR) is 58.3 cm³/mol. The molecule has 1 heterocycles. The van der Waals surface area contributed by atoms with E-state index in [0.29, 0.717) is 12.5 Å². The molecule has 1 aromatic rings. The van der Waals surface area contributed by atoms with Crippen LogP contribution in [0.4, 0.5) is 0 Å². The van der Waals surface area contributed by atoms with Crippen LogP contribution in [-0.4, -0.2) is 31.3 Å². The third-order valence-electron chi connectivity index (χ3n) is 4.25. The van der Waals surface area contributed by atoms with Crippen molar-refractivity contribution in [1.82, 2.24) is 20.2 Å². The van der Waals surface area contributed by atoms with Crippen molar-refractivity contribution >= 4 is 5.97 Å². The molecule has 0 amide bonds. The van der Waals surface area contributed by atoms with Crippen LogP contribution in [0.1, 0.15) is 50.3 Å². The lowest BCUT2D eigenvalue weighted by molar-refractivity contribution is -0.156. The van der Waals surface area contributed by atoms with E-state index in [-0.39, 0.29) is 0 Å². The van der Waals surface area contributed by atoms with Crippen molar-refractivity contribution in [2.24, 2.45) is 5.41 Å². The van der Waals surface area contributed by atoms with Crippen molar-refractivity contribution in [3.05, 3.63) is 5.82 Å². The molecule has 2 saturated carbocycles. The Hall–Kier alpha value is -1.46. The highest BCUT2D eigenvalue weighted by molar-refractivity contribution is 5.75. The normalized spacial score (nSPS) is 22.8. The van der Waals surface area contributed by atoms with Gasteiger partial charge >= 0.3 is 5.97 Å². The number of aromatic nitrogens is 4. The zero-order valence-electron chi connectivity index (χ0n) is 9.67. The van der Waals surface area contributed by atoms with E-state index in [0.717, 1.165) is 37.9 Å². The Morgan fingerprint density at radius 1 is 1.41 bits per heavy atom. The predicted octanol–water partition coefficient (Wildman–Crippen LogP) is 1.20. The number of hydrogen-bond acceptors (Lipinski definition) is 4. The van der Waals surface area contributed by atoms with Gasteiger partial charge in [0.1, 0.15) is 0 Å². The summed E-state index contributed by atoms with van der Waals surface area (Å²) in [6.45, 7) is 0.432. The van der Waals surface area contributed by atoms with Crippen LogP contribution < -0.4 is 0 Å². The standard InChI is InChI=1S/C11H16N4O2/c16-10(17)11(5-2-6-11)7-15-9(12-13-14-15)8-3-1-4-8/h8H,1-7H2,(H,16,17). The van der Waals surface area contributed by atoms with Gasteiger partial charge in [0.25, 0.3) is 0 Å². The van der Waals surface area contributed by atoms with Gasteiger partial charge in [-0.3, -0.25) is 4.79 Å². The first-order valence-electron chi connectivity index (χ1n) is 6.21. The molecule has 0 atom stereocenters. The Kier molecular flexibility index (Phi) is 2.38. The fraction of sp³-hybridized carbons (Fsp3) is 0.818. The van der Waals surface area contributed by atoms with E-state index in [2.05, 4.69) is 15.5 Å².